The topological polar surface area (TPSA) is 43.6 Å². The van der Waals surface area contributed by atoms with Crippen molar-refractivity contribution >= 4 is 46.0 Å². The van der Waals surface area contributed by atoms with Crippen molar-refractivity contribution in [3.8, 4) is 5.69 Å². The minimum absolute atomic E-state index is 0.688. The second kappa shape index (κ2) is 7.04. The molecule has 124 valence electrons. The maximum atomic E-state index is 6.05. The number of aromatic nitrogens is 4. The third-order valence-electron chi connectivity index (χ3n) is 3.67. The van der Waals surface area contributed by atoms with Crippen LogP contribution in [-0.2, 0) is 5.75 Å². The van der Waals surface area contributed by atoms with E-state index in [1.54, 1.807) is 29.0 Å². The number of hydrogen-bond acceptors (Lipinski definition) is 4. The first kappa shape index (κ1) is 16.4. The second-order valence-electron chi connectivity index (χ2n) is 5.37. The van der Waals surface area contributed by atoms with E-state index in [0.717, 1.165) is 38.1 Å². The minimum Gasteiger partial charge on any atom is -0.229 e. The molecule has 0 N–H and O–H groups in total. The molecule has 0 saturated heterocycles. The summed E-state index contributed by atoms with van der Waals surface area (Å²) in [6, 6.07) is 15.3. The van der Waals surface area contributed by atoms with E-state index in [-0.39, 0.29) is 0 Å². The van der Waals surface area contributed by atoms with Crippen molar-refractivity contribution in [2.45, 2.75) is 10.8 Å². The summed E-state index contributed by atoms with van der Waals surface area (Å²) in [5.41, 5.74) is 2.82. The van der Waals surface area contributed by atoms with Crippen LogP contribution in [0.2, 0.25) is 10.0 Å². The Hall–Kier alpha value is -2.08. The Morgan fingerprint density at radius 1 is 0.960 bits per heavy atom. The second-order valence-corrected chi connectivity index (χ2v) is 7.20. The molecule has 4 rings (SSSR count). The highest BCUT2D eigenvalue weighted by molar-refractivity contribution is 7.98. The van der Waals surface area contributed by atoms with Gasteiger partial charge in [0.15, 0.2) is 5.65 Å². The van der Waals surface area contributed by atoms with Gasteiger partial charge in [-0.3, -0.25) is 0 Å². The lowest BCUT2D eigenvalue weighted by Gasteiger charge is -2.05. The number of nitrogens with zero attached hydrogens (tertiary/aromatic N) is 4. The van der Waals surface area contributed by atoms with Crippen molar-refractivity contribution in [1.29, 1.82) is 0 Å². The van der Waals surface area contributed by atoms with Crippen LogP contribution in [0.15, 0.2) is 66.1 Å². The van der Waals surface area contributed by atoms with Crippen LogP contribution in [0.5, 0.6) is 0 Å². The normalized spacial score (nSPS) is 11.1. The molecular weight excluding hydrogens is 375 g/mol. The lowest BCUT2D eigenvalue weighted by molar-refractivity contribution is 0.893. The molecule has 0 saturated carbocycles. The van der Waals surface area contributed by atoms with Gasteiger partial charge in [0, 0.05) is 15.8 Å². The number of hydrogen-bond donors (Lipinski definition) is 0. The fourth-order valence-electron chi connectivity index (χ4n) is 2.49. The molecule has 0 amide bonds. The first-order valence-electron chi connectivity index (χ1n) is 7.52. The highest BCUT2D eigenvalue weighted by Gasteiger charge is 2.11. The van der Waals surface area contributed by atoms with Crippen LogP contribution in [0, 0.1) is 0 Å². The Morgan fingerprint density at radius 2 is 1.80 bits per heavy atom. The van der Waals surface area contributed by atoms with E-state index in [4.69, 9.17) is 23.2 Å². The molecule has 0 radical (unpaired) electrons. The van der Waals surface area contributed by atoms with Gasteiger partial charge in [-0.05, 0) is 42.0 Å². The highest BCUT2D eigenvalue weighted by atomic mass is 35.5. The van der Waals surface area contributed by atoms with Gasteiger partial charge >= 0.3 is 0 Å². The van der Waals surface area contributed by atoms with Gasteiger partial charge in [-0.25, -0.2) is 14.6 Å². The predicted molar refractivity (Wildman–Crippen MR) is 103 cm³/mol. The Labute approximate surface area is 158 Å². The van der Waals surface area contributed by atoms with Crippen LogP contribution in [0.3, 0.4) is 0 Å². The fraction of sp³-hybridized carbons (Fsp3) is 0.0556. The Morgan fingerprint density at radius 3 is 2.60 bits per heavy atom. The molecule has 2 aromatic heterocycles. The largest absolute Gasteiger partial charge is 0.229 e. The van der Waals surface area contributed by atoms with E-state index in [2.05, 4.69) is 21.1 Å². The quantitative estimate of drug-likeness (QED) is 0.347. The molecular formula is C18H12Cl2N4S. The molecule has 4 nitrogen and oxygen atoms in total. The van der Waals surface area contributed by atoms with Crippen LogP contribution < -0.4 is 0 Å². The van der Waals surface area contributed by atoms with E-state index in [9.17, 15) is 0 Å². The fourth-order valence-corrected chi connectivity index (χ4v) is 3.73. The van der Waals surface area contributed by atoms with Gasteiger partial charge in [-0.15, -0.1) is 11.8 Å². The minimum atomic E-state index is 0.688. The van der Waals surface area contributed by atoms with Gasteiger partial charge in [0.05, 0.1) is 17.3 Å². The third kappa shape index (κ3) is 3.49. The van der Waals surface area contributed by atoms with Gasteiger partial charge in [0.2, 0.25) is 0 Å². The zero-order valence-electron chi connectivity index (χ0n) is 12.9. The molecule has 0 atom stereocenters. The molecule has 0 spiro atoms. The average molecular weight is 387 g/mol. The first-order valence-corrected chi connectivity index (χ1v) is 9.27. The van der Waals surface area contributed by atoms with Crippen LogP contribution in [0.4, 0.5) is 0 Å². The highest BCUT2D eigenvalue weighted by Crippen LogP contribution is 2.29. The van der Waals surface area contributed by atoms with Crippen molar-refractivity contribution in [3.05, 3.63) is 76.7 Å². The van der Waals surface area contributed by atoms with Gasteiger partial charge in [0.25, 0.3) is 0 Å². The number of rotatable bonds is 4. The Kier molecular flexibility index (Phi) is 4.61. The van der Waals surface area contributed by atoms with E-state index in [1.807, 2.05) is 42.5 Å². The number of thioether (sulfide) groups is 1. The van der Waals surface area contributed by atoms with Crippen LogP contribution in [0.1, 0.15) is 5.56 Å². The zero-order chi connectivity index (χ0) is 17.2. The van der Waals surface area contributed by atoms with E-state index in [1.165, 1.54) is 0 Å². The molecule has 0 fully saturated rings. The van der Waals surface area contributed by atoms with Gasteiger partial charge in [-0.1, -0.05) is 35.3 Å². The SMILES string of the molecule is Clc1ccc(-n2ncc3c(SCc4cccc(Cl)c4)ncnc32)cc1. The molecule has 25 heavy (non-hydrogen) atoms. The number of benzene rings is 2. The summed E-state index contributed by atoms with van der Waals surface area (Å²) in [5.74, 6) is 0.777. The maximum absolute atomic E-state index is 6.05. The number of fused-ring (bicyclic) bond motifs is 1. The first-order chi connectivity index (χ1) is 12.2. The zero-order valence-corrected chi connectivity index (χ0v) is 15.3. The van der Waals surface area contributed by atoms with Crippen LogP contribution in [-0.4, -0.2) is 19.7 Å². The lowest BCUT2D eigenvalue weighted by atomic mass is 10.2. The van der Waals surface area contributed by atoms with Crippen molar-refractivity contribution in [1.82, 2.24) is 19.7 Å². The summed E-state index contributed by atoms with van der Waals surface area (Å²) in [6.45, 7) is 0. The van der Waals surface area contributed by atoms with Crippen molar-refractivity contribution < 1.29 is 0 Å². The van der Waals surface area contributed by atoms with E-state index >= 15 is 0 Å². The summed E-state index contributed by atoms with van der Waals surface area (Å²) in [5, 5.41) is 7.70. The van der Waals surface area contributed by atoms with Gasteiger partial charge < -0.3 is 0 Å². The summed E-state index contributed by atoms with van der Waals surface area (Å²) in [7, 11) is 0. The summed E-state index contributed by atoms with van der Waals surface area (Å²) >= 11 is 13.6. The Bertz CT molecular complexity index is 1030. The average Bonchev–Trinajstić information content (AvgIpc) is 3.05. The Balaban J connectivity index is 1.66. The van der Waals surface area contributed by atoms with Crippen LogP contribution in [0.25, 0.3) is 16.7 Å². The standard InChI is InChI=1S/C18H12Cl2N4S/c19-13-4-6-15(7-5-13)24-17-16(9-23-24)18(22-11-21-17)25-10-12-2-1-3-14(20)8-12/h1-9,11H,10H2. The molecule has 0 aliphatic rings. The monoisotopic (exact) mass is 386 g/mol. The molecule has 0 bridgehead atoms. The van der Waals surface area contributed by atoms with Gasteiger partial charge in [-0.2, -0.15) is 5.10 Å². The van der Waals surface area contributed by atoms with E-state index < -0.39 is 0 Å². The molecule has 0 unspecified atom stereocenters. The molecule has 0 aliphatic heterocycles. The van der Waals surface area contributed by atoms with Crippen molar-refractivity contribution in [2.75, 3.05) is 0 Å². The molecule has 0 aliphatic carbocycles. The molecule has 2 aromatic carbocycles. The predicted octanol–water partition coefficient (Wildman–Crippen LogP) is 5.41. The molecule has 4 aromatic rings. The van der Waals surface area contributed by atoms with E-state index in [0.29, 0.717) is 5.02 Å². The molecule has 7 heteroatoms. The van der Waals surface area contributed by atoms with Crippen molar-refractivity contribution in [3.63, 3.8) is 0 Å². The molecule has 2 heterocycles. The summed E-state index contributed by atoms with van der Waals surface area (Å²) in [6.07, 6.45) is 3.36. The third-order valence-corrected chi connectivity index (χ3v) is 5.23. The lowest BCUT2D eigenvalue weighted by Crippen LogP contribution is -1.97. The summed E-state index contributed by atoms with van der Waals surface area (Å²) in [4.78, 5) is 8.80. The summed E-state index contributed by atoms with van der Waals surface area (Å²) < 4.78 is 1.79. The smallest absolute Gasteiger partial charge is 0.167 e. The van der Waals surface area contributed by atoms with Crippen molar-refractivity contribution in [2.24, 2.45) is 0 Å². The van der Waals surface area contributed by atoms with Crippen LogP contribution >= 0.6 is 35.0 Å². The number of halogens is 2. The maximum Gasteiger partial charge on any atom is 0.167 e. The van der Waals surface area contributed by atoms with Gasteiger partial charge in [0.1, 0.15) is 11.4 Å².